The van der Waals surface area contributed by atoms with Crippen LogP contribution in [0.1, 0.15) is 61.3 Å². The van der Waals surface area contributed by atoms with Crippen LogP contribution >= 0.6 is 12.2 Å². The number of nitrogens with zero attached hydrogens (tertiary/aromatic N) is 6. The number of aromatic nitrogens is 2. The van der Waals surface area contributed by atoms with Crippen molar-refractivity contribution < 1.29 is 9.35 Å². The van der Waals surface area contributed by atoms with Gasteiger partial charge in [-0.1, -0.05) is 0 Å². The number of hydrogen-bond donors (Lipinski definition) is 1. The highest BCUT2D eigenvalue weighted by Gasteiger charge is 2.40. The van der Waals surface area contributed by atoms with Crippen molar-refractivity contribution in [3.05, 3.63) is 23.3 Å². The van der Waals surface area contributed by atoms with E-state index in [-0.39, 0.29) is 11.4 Å². The van der Waals surface area contributed by atoms with Crippen LogP contribution in [-0.2, 0) is 0 Å². The zero-order valence-electron chi connectivity index (χ0n) is 20.7. The number of carbonyl (C=O) groups is 1. The van der Waals surface area contributed by atoms with Crippen LogP contribution in [0.2, 0.25) is 0 Å². The number of rotatable bonds is 5. The summed E-state index contributed by atoms with van der Waals surface area (Å²) >= 11 is 0.894. The molecule has 3 saturated heterocycles. The lowest BCUT2D eigenvalue weighted by molar-refractivity contribution is -0.0222. The lowest BCUT2D eigenvalue weighted by atomic mass is 9.86. The fourth-order valence-corrected chi connectivity index (χ4v) is 6.20. The second kappa shape index (κ2) is 10.6. The molecule has 1 amide bonds. The molecule has 3 aliphatic rings. The highest BCUT2D eigenvalue weighted by atomic mass is 32.2. The first kappa shape index (κ1) is 24.9. The molecule has 8 nitrogen and oxygen atoms in total. The largest absolute Gasteiger partial charge is 0.338 e. The maximum atomic E-state index is 13.2. The van der Waals surface area contributed by atoms with Crippen LogP contribution in [0, 0.1) is 19.8 Å². The van der Waals surface area contributed by atoms with E-state index in [1.54, 1.807) is 0 Å². The van der Waals surface area contributed by atoms with E-state index in [0.717, 1.165) is 88.2 Å². The Kier molecular flexibility index (Phi) is 7.95. The molecule has 1 unspecified atom stereocenters. The van der Waals surface area contributed by atoms with Crippen molar-refractivity contribution in [3.63, 3.8) is 0 Å². The molecule has 0 saturated carbocycles. The molecular formula is C24H40N6O2S. The van der Waals surface area contributed by atoms with Crippen LogP contribution in [-0.4, -0.2) is 103 Å². The van der Waals surface area contributed by atoms with Gasteiger partial charge in [0.05, 0.1) is 29.2 Å². The Bertz CT molecular complexity index is 803. The van der Waals surface area contributed by atoms with E-state index in [2.05, 4.69) is 37.9 Å². The summed E-state index contributed by atoms with van der Waals surface area (Å²) in [7, 11) is 0. The highest BCUT2D eigenvalue weighted by Crippen LogP contribution is 2.32. The summed E-state index contributed by atoms with van der Waals surface area (Å²) in [5.74, 6) is 0.817. The molecule has 0 spiro atoms. The van der Waals surface area contributed by atoms with Gasteiger partial charge >= 0.3 is 0 Å². The van der Waals surface area contributed by atoms with Crippen LogP contribution in [0.5, 0.6) is 0 Å². The number of hydrogen-bond acceptors (Lipinski definition) is 8. The van der Waals surface area contributed by atoms with Crippen LogP contribution < -0.4 is 0 Å². The van der Waals surface area contributed by atoms with Crippen molar-refractivity contribution >= 4 is 18.1 Å². The molecule has 0 radical (unpaired) electrons. The summed E-state index contributed by atoms with van der Waals surface area (Å²) in [5.41, 5.74) is 2.36. The number of amides is 1. The second-order valence-electron chi connectivity index (χ2n) is 10.5. The molecule has 0 aliphatic carbocycles. The molecule has 1 aromatic rings. The Labute approximate surface area is 203 Å². The van der Waals surface area contributed by atoms with Crippen LogP contribution in [0.25, 0.3) is 0 Å². The van der Waals surface area contributed by atoms with Gasteiger partial charge in [0, 0.05) is 63.9 Å². The monoisotopic (exact) mass is 476 g/mol. The van der Waals surface area contributed by atoms with Crippen molar-refractivity contribution in [1.82, 2.24) is 29.0 Å². The molecule has 184 valence electrons. The Morgan fingerprint density at radius 3 is 2.30 bits per heavy atom. The maximum absolute atomic E-state index is 13.2. The van der Waals surface area contributed by atoms with Crippen LogP contribution in [0.3, 0.4) is 0 Å². The molecule has 1 atom stereocenters. The fourth-order valence-electron chi connectivity index (χ4n) is 5.83. The van der Waals surface area contributed by atoms with Gasteiger partial charge in [-0.15, -0.1) is 0 Å². The molecular weight excluding hydrogens is 436 g/mol. The van der Waals surface area contributed by atoms with E-state index >= 15 is 0 Å². The van der Waals surface area contributed by atoms with Crippen molar-refractivity contribution in [2.75, 3.05) is 52.4 Å². The van der Waals surface area contributed by atoms with Gasteiger partial charge in [0.25, 0.3) is 5.91 Å². The number of piperidine rings is 2. The molecule has 33 heavy (non-hydrogen) atoms. The first-order valence-corrected chi connectivity index (χ1v) is 13.2. The van der Waals surface area contributed by atoms with E-state index in [0.29, 0.717) is 11.6 Å². The summed E-state index contributed by atoms with van der Waals surface area (Å²) in [6.07, 6.45) is 5.90. The van der Waals surface area contributed by atoms with E-state index in [4.69, 9.17) is 0 Å². The standard InChI is InChI=1S/C24H40N6O2S/c1-18-15-29(14-13-28(18)16-21-5-9-30(33-32)10-6-21)24(4)7-11-27(12-8-24)23(31)22-19(2)25-17-26-20(22)3/h17-18,21,32H,5-16H2,1-4H3. The lowest BCUT2D eigenvalue weighted by Gasteiger charge is -2.52. The van der Waals surface area contributed by atoms with Gasteiger partial charge in [-0.3, -0.25) is 14.6 Å². The molecule has 1 N–H and O–H groups in total. The number of likely N-dealkylation sites (tertiary alicyclic amines) is 1. The van der Waals surface area contributed by atoms with Gasteiger partial charge in [0.2, 0.25) is 0 Å². The van der Waals surface area contributed by atoms with E-state index in [9.17, 15) is 9.35 Å². The summed E-state index contributed by atoms with van der Waals surface area (Å²) in [6.45, 7) is 16.6. The average Bonchev–Trinajstić information content (AvgIpc) is 2.81. The predicted octanol–water partition coefficient (Wildman–Crippen LogP) is 2.93. The third-order valence-corrected chi connectivity index (χ3v) is 8.87. The highest BCUT2D eigenvalue weighted by molar-refractivity contribution is 7.91. The third kappa shape index (κ3) is 5.53. The summed E-state index contributed by atoms with van der Waals surface area (Å²) < 4.78 is 11.3. The van der Waals surface area contributed by atoms with Crippen molar-refractivity contribution in [2.24, 2.45) is 5.92 Å². The van der Waals surface area contributed by atoms with Gasteiger partial charge < -0.3 is 9.45 Å². The minimum Gasteiger partial charge on any atom is -0.338 e. The van der Waals surface area contributed by atoms with Gasteiger partial charge in [-0.05, 0) is 59.3 Å². The van der Waals surface area contributed by atoms with Crippen LogP contribution in [0.15, 0.2) is 6.33 Å². The average molecular weight is 477 g/mol. The lowest BCUT2D eigenvalue weighted by Crippen LogP contribution is -2.62. The molecule has 1 aromatic heterocycles. The number of carbonyl (C=O) groups excluding carboxylic acids is 1. The van der Waals surface area contributed by atoms with Gasteiger partial charge in [0.15, 0.2) is 0 Å². The van der Waals surface area contributed by atoms with Gasteiger partial charge in [-0.2, -0.15) is 0 Å². The fraction of sp³-hybridized carbons (Fsp3) is 0.792. The minimum absolute atomic E-state index is 0.0801. The zero-order chi connectivity index (χ0) is 23.6. The van der Waals surface area contributed by atoms with Crippen LogP contribution in [0.4, 0.5) is 0 Å². The first-order chi connectivity index (χ1) is 15.8. The molecule has 9 heteroatoms. The predicted molar refractivity (Wildman–Crippen MR) is 132 cm³/mol. The quantitative estimate of drug-likeness (QED) is 0.514. The SMILES string of the molecule is Cc1ncnc(C)c1C(=O)N1CCC(C)(N2CCN(CC3CCN(SO)CC3)C(C)C2)CC1. The molecule has 0 bridgehead atoms. The molecule has 4 heterocycles. The van der Waals surface area contributed by atoms with Crippen molar-refractivity contribution in [1.29, 1.82) is 0 Å². The summed E-state index contributed by atoms with van der Waals surface area (Å²) in [5, 5.41) is 0. The minimum atomic E-state index is 0.0801. The normalized spacial score (nSPS) is 26.0. The topological polar surface area (TPSA) is 76.0 Å². The smallest absolute Gasteiger partial charge is 0.257 e. The van der Waals surface area contributed by atoms with E-state index in [1.165, 1.54) is 25.7 Å². The maximum Gasteiger partial charge on any atom is 0.257 e. The summed E-state index contributed by atoms with van der Waals surface area (Å²) in [4.78, 5) is 29.0. The summed E-state index contributed by atoms with van der Waals surface area (Å²) in [6, 6.07) is 0.548. The molecule has 3 fully saturated rings. The number of aryl methyl sites for hydroxylation is 2. The second-order valence-corrected chi connectivity index (χ2v) is 11.1. The zero-order valence-corrected chi connectivity index (χ0v) is 21.5. The van der Waals surface area contributed by atoms with Gasteiger partial charge in [0.1, 0.15) is 6.33 Å². The third-order valence-electron chi connectivity index (χ3n) is 8.28. The Hall–Kier alpha value is -1.26. The van der Waals surface area contributed by atoms with Crippen molar-refractivity contribution in [2.45, 2.75) is 65.0 Å². The van der Waals surface area contributed by atoms with Crippen molar-refractivity contribution in [3.8, 4) is 0 Å². The Balaban J connectivity index is 1.29. The number of piperazine rings is 1. The van der Waals surface area contributed by atoms with E-state index in [1.807, 2.05) is 18.7 Å². The molecule has 4 rings (SSSR count). The van der Waals surface area contributed by atoms with Gasteiger partial charge in [-0.25, -0.2) is 14.3 Å². The first-order valence-electron chi connectivity index (χ1n) is 12.4. The molecule has 0 aromatic carbocycles. The van der Waals surface area contributed by atoms with E-state index < -0.39 is 0 Å². The Morgan fingerprint density at radius 2 is 1.73 bits per heavy atom. The molecule has 3 aliphatic heterocycles. The Morgan fingerprint density at radius 1 is 1.09 bits per heavy atom.